The van der Waals surface area contributed by atoms with E-state index in [1.54, 1.807) is 11.0 Å². The number of anilines is 1. The van der Waals surface area contributed by atoms with E-state index in [1.807, 2.05) is 30.3 Å². The van der Waals surface area contributed by atoms with Gasteiger partial charge in [-0.1, -0.05) is 24.3 Å². The number of ether oxygens (including phenoxy) is 1. The van der Waals surface area contributed by atoms with Gasteiger partial charge in [0.25, 0.3) is 0 Å². The van der Waals surface area contributed by atoms with E-state index >= 15 is 0 Å². The predicted octanol–water partition coefficient (Wildman–Crippen LogP) is 1.56. The Labute approximate surface area is 112 Å². The molecule has 1 saturated heterocycles. The standard InChI is InChI=1S/C14H18N2O3/c17-8-2-4-12-3-1-5-13(11-12)15-14(18)16-6-9-19-10-7-16/h1-5,11,17H,6-10H2,(H,15,18)/b4-2+. The van der Waals surface area contributed by atoms with Crippen LogP contribution in [0, 0.1) is 0 Å². The molecule has 0 saturated carbocycles. The summed E-state index contributed by atoms with van der Waals surface area (Å²) in [6.07, 6.45) is 3.47. The predicted molar refractivity (Wildman–Crippen MR) is 74.0 cm³/mol. The Morgan fingerprint density at radius 2 is 2.21 bits per heavy atom. The number of nitrogens with one attached hydrogen (secondary N) is 1. The highest BCUT2D eigenvalue weighted by atomic mass is 16.5. The summed E-state index contributed by atoms with van der Waals surface area (Å²) in [5, 5.41) is 11.6. The zero-order valence-corrected chi connectivity index (χ0v) is 10.7. The molecule has 0 aromatic heterocycles. The monoisotopic (exact) mass is 262 g/mol. The smallest absolute Gasteiger partial charge is 0.321 e. The normalized spacial score (nSPS) is 15.7. The molecule has 2 amide bonds. The lowest BCUT2D eigenvalue weighted by Crippen LogP contribution is -2.43. The van der Waals surface area contributed by atoms with Crippen molar-refractivity contribution in [3.05, 3.63) is 35.9 Å². The largest absolute Gasteiger partial charge is 0.392 e. The molecule has 0 bridgehead atoms. The Bertz CT molecular complexity index is 454. The van der Waals surface area contributed by atoms with Crippen molar-refractivity contribution in [3.8, 4) is 0 Å². The van der Waals surface area contributed by atoms with E-state index in [1.165, 1.54) is 0 Å². The van der Waals surface area contributed by atoms with Crippen LogP contribution in [0.3, 0.4) is 0 Å². The Morgan fingerprint density at radius 3 is 2.95 bits per heavy atom. The molecule has 2 rings (SSSR count). The van der Waals surface area contributed by atoms with E-state index in [9.17, 15) is 4.79 Å². The van der Waals surface area contributed by atoms with E-state index in [-0.39, 0.29) is 12.6 Å². The van der Waals surface area contributed by atoms with Gasteiger partial charge in [0.2, 0.25) is 0 Å². The first-order valence-electron chi connectivity index (χ1n) is 6.31. The van der Waals surface area contributed by atoms with Gasteiger partial charge in [-0.05, 0) is 17.7 Å². The summed E-state index contributed by atoms with van der Waals surface area (Å²) in [4.78, 5) is 13.7. The molecule has 1 aromatic carbocycles. The average Bonchev–Trinajstić information content (AvgIpc) is 2.46. The maximum absolute atomic E-state index is 12.0. The molecule has 5 nitrogen and oxygen atoms in total. The maximum Gasteiger partial charge on any atom is 0.321 e. The summed E-state index contributed by atoms with van der Waals surface area (Å²) < 4.78 is 5.21. The second-order valence-electron chi connectivity index (χ2n) is 4.24. The highest BCUT2D eigenvalue weighted by molar-refractivity contribution is 5.89. The molecule has 0 spiro atoms. The van der Waals surface area contributed by atoms with Crippen molar-refractivity contribution >= 4 is 17.8 Å². The van der Waals surface area contributed by atoms with Crippen LogP contribution in [-0.2, 0) is 4.74 Å². The van der Waals surface area contributed by atoms with Crippen LogP contribution in [0.25, 0.3) is 6.08 Å². The lowest BCUT2D eigenvalue weighted by atomic mass is 10.2. The van der Waals surface area contributed by atoms with Crippen LogP contribution >= 0.6 is 0 Å². The van der Waals surface area contributed by atoms with E-state index in [0.29, 0.717) is 26.3 Å². The molecule has 1 aromatic rings. The fourth-order valence-electron chi connectivity index (χ4n) is 1.88. The van der Waals surface area contributed by atoms with Gasteiger partial charge in [0.05, 0.1) is 19.8 Å². The first kappa shape index (κ1) is 13.6. The van der Waals surface area contributed by atoms with Crippen molar-refractivity contribution in [1.82, 2.24) is 4.90 Å². The van der Waals surface area contributed by atoms with Crippen LogP contribution in [0.4, 0.5) is 10.5 Å². The summed E-state index contributed by atoms with van der Waals surface area (Å²) in [6.45, 7) is 2.43. The van der Waals surface area contributed by atoms with Crippen LogP contribution in [0.1, 0.15) is 5.56 Å². The highest BCUT2D eigenvalue weighted by Crippen LogP contribution is 2.13. The maximum atomic E-state index is 12.0. The number of hydrogen-bond donors (Lipinski definition) is 2. The van der Waals surface area contributed by atoms with Gasteiger partial charge in [0.1, 0.15) is 0 Å². The van der Waals surface area contributed by atoms with Crippen LogP contribution < -0.4 is 5.32 Å². The van der Waals surface area contributed by atoms with E-state index < -0.39 is 0 Å². The second-order valence-corrected chi connectivity index (χ2v) is 4.24. The summed E-state index contributed by atoms with van der Waals surface area (Å²) in [6, 6.07) is 7.38. The number of nitrogens with zero attached hydrogens (tertiary/aromatic N) is 1. The van der Waals surface area contributed by atoms with Gasteiger partial charge in [-0.15, -0.1) is 0 Å². The van der Waals surface area contributed by atoms with Crippen molar-refractivity contribution in [2.75, 3.05) is 38.2 Å². The zero-order chi connectivity index (χ0) is 13.5. The molecule has 102 valence electrons. The Morgan fingerprint density at radius 1 is 1.42 bits per heavy atom. The van der Waals surface area contributed by atoms with E-state index in [0.717, 1.165) is 11.3 Å². The number of carbonyl (C=O) groups excluding carboxylic acids is 1. The van der Waals surface area contributed by atoms with E-state index in [4.69, 9.17) is 9.84 Å². The minimum atomic E-state index is -0.105. The van der Waals surface area contributed by atoms with Crippen LogP contribution in [0.2, 0.25) is 0 Å². The lowest BCUT2D eigenvalue weighted by molar-refractivity contribution is 0.0564. The van der Waals surface area contributed by atoms with Crippen LogP contribution in [0.15, 0.2) is 30.3 Å². The SMILES string of the molecule is O=C(Nc1cccc(/C=C/CO)c1)N1CCOCC1. The van der Waals surface area contributed by atoms with Crippen molar-refractivity contribution < 1.29 is 14.6 Å². The molecule has 0 atom stereocenters. The first-order chi connectivity index (χ1) is 9.29. The van der Waals surface area contributed by atoms with Crippen molar-refractivity contribution in [3.63, 3.8) is 0 Å². The van der Waals surface area contributed by atoms with Crippen molar-refractivity contribution in [2.45, 2.75) is 0 Å². The minimum absolute atomic E-state index is 0.00433. The fourth-order valence-corrected chi connectivity index (χ4v) is 1.88. The number of urea groups is 1. The van der Waals surface area contributed by atoms with Gasteiger partial charge >= 0.3 is 6.03 Å². The number of benzene rings is 1. The molecule has 0 radical (unpaired) electrons. The van der Waals surface area contributed by atoms with Gasteiger partial charge < -0.3 is 20.1 Å². The lowest BCUT2D eigenvalue weighted by Gasteiger charge is -2.26. The van der Waals surface area contributed by atoms with Gasteiger partial charge in [-0.25, -0.2) is 4.79 Å². The number of hydrogen-bond acceptors (Lipinski definition) is 3. The topological polar surface area (TPSA) is 61.8 Å². The number of amides is 2. The zero-order valence-electron chi connectivity index (χ0n) is 10.7. The number of aliphatic hydroxyl groups excluding tert-OH is 1. The van der Waals surface area contributed by atoms with E-state index in [2.05, 4.69) is 5.32 Å². The second kappa shape index (κ2) is 6.92. The number of aliphatic hydroxyl groups is 1. The highest BCUT2D eigenvalue weighted by Gasteiger charge is 2.16. The summed E-state index contributed by atoms with van der Waals surface area (Å²) in [5.41, 5.74) is 1.69. The molecule has 5 heteroatoms. The third-order valence-corrected chi connectivity index (χ3v) is 2.85. The molecule has 0 unspecified atom stereocenters. The van der Waals surface area contributed by atoms with Gasteiger partial charge in [0, 0.05) is 18.8 Å². The molecule has 19 heavy (non-hydrogen) atoms. The number of morpholine rings is 1. The summed E-state index contributed by atoms with van der Waals surface area (Å²) in [5.74, 6) is 0. The van der Waals surface area contributed by atoms with Gasteiger partial charge in [-0.3, -0.25) is 0 Å². The van der Waals surface area contributed by atoms with Crippen LogP contribution in [-0.4, -0.2) is 48.9 Å². The first-order valence-corrected chi connectivity index (χ1v) is 6.31. The molecule has 1 aliphatic heterocycles. The van der Waals surface area contributed by atoms with Gasteiger partial charge in [-0.2, -0.15) is 0 Å². The molecule has 1 heterocycles. The Hall–Kier alpha value is -1.85. The number of carbonyl (C=O) groups is 1. The quantitative estimate of drug-likeness (QED) is 0.869. The van der Waals surface area contributed by atoms with Crippen molar-refractivity contribution in [1.29, 1.82) is 0 Å². The van der Waals surface area contributed by atoms with Crippen molar-refractivity contribution in [2.24, 2.45) is 0 Å². The Kier molecular flexibility index (Phi) is 4.94. The molecular formula is C14H18N2O3. The molecule has 2 N–H and O–H groups in total. The molecule has 0 aliphatic carbocycles. The minimum Gasteiger partial charge on any atom is -0.392 e. The molecule has 1 fully saturated rings. The third-order valence-electron chi connectivity index (χ3n) is 2.85. The van der Waals surface area contributed by atoms with Crippen LogP contribution in [0.5, 0.6) is 0 Å². The summed E-state index contributed by atoms with van der Waals surface area (Å²) >= 11 is 0. The van der Waals surface area contributed by atoms with Gasteiger partial charge in [0.15, 0.2) is 0 Å². The fraction of sp³-hybridized carbons (Fsp3) is 0.357. The summed E-state index contributed by atoms with van der Waals surface area (Å²) in [7, 11) is 0. The average molecular weight is 262 g/mol. The molecular weight excluding hydrogens is 244 g/mol. The molecule has 1 aliphatic rings. The third kappa shape index (κ3) is 4.08. The Balaban J connectivity index is 1.97. The number of rotatable bonds is 3.